The van der Waals surface area contributed by atoms with E-state index < -0.39 is 24.3 Å². The van der Waals surface area contributed by atoms with E-state index >= 15 is 0 Å². The molecule has 7 nitrogen and oxygen atoms in total. The van der Waals surface area contributed by atoms with Gasteiger partial charge in [0.2, 0.25) is 0 Å². The number of hydrogen-bond acceptors (Lipinski definition) is 7. The number of carbonyl (C=O) groups is 3. The Balaban J connectivity index is 1.94. The average molecular weight is 344 g/mol. The molecule has 1 aromatic rings. The van der Waals surface area contributed by atoms with E-state index in [-0.39, 0.29) is 46.0 Å². The number of methoxy groups -OCH3 is 2. The van der Waals surface area contributed by atoms with Crippen molar-refractivity contribution in [3.63, 3.8) is 0 Å². The number of carbonyl (C=O) groups excluding carboxylic acids is 3. The molecule has 7 heteroatoms. The summed E-state index contributed by atoms with van der Waals surface area (Å²) >= 11 is 0. The second-order valence-electron chi connectivity index (χ2n) is 6.14. The monoisotopic (exact) mass is 344 g/mol. The third kappa shape index (κ3) is 2.05. The highest BCUT2D eigenvalue weighted by Gasteiger charge is 2.51. The Morgan fingerprint density at radius 2 is 1.80 bits per heavy atom. The van der Waals surface area contributed by atoms with Crippen LogP contribution >= 0.6 is 0 Å². The zero-order valence-electron chi connectivity index (χ0n) is 14.0. The molecule has 1 saturated heterocycles. The van der Waals surface area contributed by atoms with Crippen LogP contribution in [0, 0.1) is 0 Å². The first kappa shape index (κ1) is 15.8. The van der Waals surface area contributed by atoms with Crippen LogP contribution in [0.25, 0.3) is 0 Å². The molecular formula is C18H16O7. The van der Waals surface area contributed by atoms with Gasteiger partial charge in [-0.3, -0.25) is 14.4 Å². The maximum absolute atomic E-state index is 13.2. The number of ether oxygens (including phenoxy) is 4. The second kappa shape index (κ2) is 5.42. The van der Waals surface area contributed by atoms with Crippen LogP contribution in [0.2, 0.25) is 0 Å². The Morgan fingerprint density at radius 1 is 1.04 bits per heavy atom. The van der Waals surface area contributed by atoms with Gasteiger partial charge in [-0.15, -0.1) is 0 Å². The smallest absolute Gasteiger partial charge is 0.309 e. The zero-order valence-corrected chi connectivity index (χ0v) is 14.0. The van der Waals surface area contributed by atoms with E-state index in [9.17, 15) is 14.4 Å². The lowest BCUT2D eigenvalue weighted by Gasteiger charge is -2.35. The van der Waals surface area contributed by atoms with E-state index in [1.54, 1.807) is 13.0 Å². The quantitative estimate of drug-likeness (QED) is 0.751. The van der Waals surface area contributed by atoms with E-state index in [0.29, 0.717) is 5.75 Å². The third-order valence-corrected chi connectivity index (χ3v) is 4.83. The van der Waals surface area contributed by atoms with E-state index in [1.165, 1.54) is 20.3 Å². The third-order valence-electron chi connectivity index (χ3n) is 4.83. The van der Waals surface area contributed by atoms with E-state index in [2.05, 4.69) is 0 Å². The van der Waals surface area contributed by atoms with Gasteiger partial charge in [-0.2, -0.15) is 0 Å². The van der Waals surface area contributed by atoms with Crippen LogP contribution < -0.4 is 9.47 Å². The van der Waals surface area contributed by atoms with Crippen LogP contribution in [0.5, 0.6) is 11.5 Å². The number of benzene rings is 1. The summed E-state index contributed by atoms with van der Waals surface area (Å²) in [5.74, 6) is -0.572. The maximum atomic E-state index is 13.2. The van der Waals surface area contributed by atoms with Crippen molar-refractivity contribution in [2.75, 3.05) is 14.2 Å². The second-order valence-corrected chi connectivity index (χ2v) is 6.14. The van der Waals surface area contributed by atoms with E-state index in [4.69, 9.17) is 18.9 Å². The molecule has 1 aliphatic carbocycles. The summed E-state index contributed by atoms with van der Waals surface area (Å²) in [5, 5.41) is 0. The highest BCUT2D eigenvalue weighted by Crippen LogP contribution is 2.44. The fourth-order valence-corrected chi connectivity index (χ4v) is 3.78. The lowest BCUT2D eigenvalue weighted by atomic mass is 9.77. The highest BCUT2D eigenvalue weighted by atomic mass is 16.6. The van der Waals surface area contributed by atoms with Crippen LogP contribution in [0.15, 0.2) is 23.3 Å². The van der Waals surface area contributed by atoms with E-state index in [1.807, 2.05) is 0 Å². The molecule has 1 aromatic carbocycles. The number of fused-ring (bicyclic) bond motifs is 3. The van der Waals surface area contributed by atoms with Gasteiger partial charge in [-0.25, -0.2) is 0 Å². The molecule has 130 valence electrons. The van der Waals surface area contributed by atoms with Crippen molar-refractivity contribution in [2.24, 2.45) is 0 Å². The van der Waals surface area contributed by atoms with Crippen LogP contribution in [0.3, 0.4) is 0 Å². The normalized spacial score (nSPS) is 27.5. The minimum atomic E-state index is -0.837. The number of hydrogen-bond donors (Lipinski definition) is 0. The van der Waals surface area contributed by atoms with Gasteiger partial charge in [0, 0.05) is 11.1 Å². The van der Waals surface area contributed by atoms with Gasteiger partial charge >= 0.3 is 5.97 Å². The predicted octanol–water partition coefficient (Wildman–Crippen LogP) is 1.48. The number of Topliss-reactive ketones (excluding diaryl/α,β-unsaturated/α-hetero) is 2. The van der Waals surface area contributed by atoms with Gasteiger partial charge in [-0.05, 0) is 19.1 Å². The molecule has 3 atom stereocenters. The topological polar surface area (TPSA) is 88.1 Å². The lowest BCUT2D eigenvalue weighted by molar-refractivity contribution is -0.140. The molecule has 0 saturated carbocycles. The minimum absolute atomic E-state index is 0.0754. The van der Waals surface area contributed by atoms with Crippen molar-refractivity contribution in [2.45, 2.75) is 31.7 Å². The zero-order chi connectivity index (χ0) is 17.9. The molecule has 0 amide bonds. The van der Waals surface area contributed by atoms with Crippen molar-refractivity contribution < 1.29 is 33.3 Å². The predicted molar refractivity (Wildman–Crippen MR) is 84.1 cm³/mol. The summed E-state index contributed by atoms with van der Waals surface area (Å²) in [5.41, 5.74) is 0.820. The van der Waals surface area contributed by atoms with Crippen LogP contribution in [0.1, 0.15) is 34.1 Å². The molecule has 0 spiro atoms. The first-order chi connectivity index (χ1) is 12.0. The molecule has 2 heterocycles. The largest absolute Gasteiger partial charge is 0.493 e. The number of rotatable bonds is 2. The van der Waals surface area contributed by atoms with Gasteiger partial charge in [-0.1, -0.05) is 0 Å². The van der Waals surface area contributed by atoms with Crippen molar-refractivity contribution in [3.8, 4) is 11.5 Å². The van der Waals surface area contributed by atoms with Crippen molar-refractivity contribution >= 4 is 17.5 Å². The molecule has 0 unspecified atom stereocenters. The standard InChI is InChI=1S/C18H16O7/c1-7-12-14(18-10(24-7)6-11(19)25-18)15(20)8-4-5-9(22-2)17(23-3)13(8)16(12)21/h4-5,7,10,18H,6H2,1-3H3/t7-,10-,18+/m1/s1. The van der Waals surface area contributed by atoms with Gasteiger partial charge in [0.15, 0.2) is 29.2 Å². The molecule has 0 N–H and O–H groups in total. The molecule has 4 rings (SSSR count). The molecular weight excluding hydrogens is 328 g/mol. The van der Waals surface area contributed by atoms with Gasteiger partial charge < -0.3 is 18.9 Å². The Bertz CT molecular complexity index is 851. The average Bonchev–Trinajstić information content (AvgIpc) is 2.96. The van der Waals surface area contributed by atoms with Gasteiger partial charge in [0.25, 0.3) is 0 Å². The van der Waals surface area contributed by atoms with Crippen LogP contribution in [-0.4, -0.2) is 50.1 Å². The molecule has 0 aromatic heterocycles. The molecule has 3 aliphatic rings. The summed E-state index contributed by atoms with van der Waals surface area (Å²) in [6.45, 7) is 1.69. The Kier molecular flexibility index (Phi) is 3.43. The van der Waals surface area contributed by atoms with Crippen molar-refractivity contribution in [1.29, 1.82) is 0 Å². The fraction of sp³-hybridized carbons (Fsp3) is 0.389. The first-order valence-electron chi connectivity index (χ1n) is 7.91. The minimum Gasteiger partial charge on any atom is -0.493 e. The summed E-state index contributed by atoms with van der Waals surface area (Å²) in [6.07, 6.45) is -1.92. The van der Waals surface area contributed by atoms with Crippen molar-refractivity contribution in [3.05, 3.63) is 34.4 Å². The van der Waals surface area contributed by atoms with Crippen LogP contribution in [-0.2, 0) is 14.3 Å². The summed E-state index contributed by atoms with van der Waals surface area (Å²) in [7, 11) is 2.87. The SMILES string of the molecule is COc1ccc2c(c1OC)C(=O)C1=C(C2=O)[C@H]2OC(=O)C[C@H]2O[C@@H]1C. The summed E-state index contributed by atoms with van der Waals surface area (Å²) in [6, 6.07) is 3.11. The molecule has 0 radical (unpaired) electrons. The number of esters is 1. The molecule has 1 fully saturated rings. The Labute approximate surface area is 143 Å². The Morgan fingerprint density at radius 3 is 2.48 bits per heavy atom. The lowest BCUT2D eigenvalue weighted by Crippen LogP contribution is -2.44. The maximum Gasteiger partial charge on any atom is 0.309 e. The summed E-state index contributed by atoms with van der Waals surface area (Å²) in [4.78, 5) is 37.9. The van der Waals surface area contributed by atoms with E-state index in [0.717, 1.165) is 0 Å². The number of ketones is 2. The first-order valence-corrected chi connectivity index (χ1v) is 7.91. The molecule has 2 aliphatic heterocycles. The van der Waals surface area contributed by atoms with Crippen LogP contribution in [0.4, 0.5) is 0 Å². The highest BCUT2D eigenvalue weighted by molar-refractivity contribution is 6.29. The van der Waals surface area contributed by atoms with Gasteiger partial charge in [0.05, 0.1) is 37.9 Å². The van der Waals surface area contributed by atoms with Crippen molar-refractivity contribution in [1.82, 2.24) is 0 Å². The molecule has 25 heavy (non-hydrogen) atoms. The molecule has 0 bridgehead atoms. The fourth-order valence-electron chi connectivity index (χ4n) is 3.78. The summed E-state index contributed by atoms with van der Waals surface area (Å²) < 4.78 is 21.6. The van der Waals surface area contributed by atoms with Gasteiger partial charge in [0.1, 0.15) is 6.10 Å². The Hall–Kier alpha value is -2.67.